The number of thiocarbonyl (C=S) groups is 1. The molecular formula is C13H17ClN2OS. The van der Waals surface area contributed by atoms with Crippen molar-refractivity contribution in [2.45, 2.75) is 26.3 Å². The van der Waals surface area contributed by atoms with Crippen LogP contribution < -0.4 is 5.73 Å². The fourth-order valence-corrected chi connectivity index (χ4v) is 2.00. The molecule has 1 amide bonds. The van der Waals surface area contributed by atoms with Gasteiger partial charge in [-0.25, -0.2) is 0 Å². The monoisotopic (exact) mass is 284 g/mol. The lowest BCUT2D eigenvalue weighted by molar-refractivity contribution is -0.131. The molecule has 0 spiro atoms. The van der Waals surface area contributed by atoms with Crippen LogP contribution >= 0.6 is 23.8 Å². The molecule has 0 aliphatic rings. The third kappa shape index (κ3) is 4.63. The maximum Gasteiger partial charge on any atom is 0.227 e. The predicted molar refractivity (Wildman–Crippen MR) is 78.8 cm³/mol. The Hall–Kier alpha value is -1.13. The highest BCUT2D eigenvalue weighted by Gasteiger charge is 2.17. The molecule has 3 nitrogen and oxygen atoms in total. The van der Waals surface area contributed by atoms with E-state index < -0.39 is 0 Å². The molecule has 18 heavy (non-hydrogen) atoms. The summed E-state index contributed by atoms with van der Waals surface area (Å²) in [4.78, 5) is 14.2. The third-order valence-electron chi connectivity index (χ3n) is 2.51. The second-order valence-electron chi connectivity index (χ2n) is 4.39. The minimum atomic E-state index is 0.0000617. The maximum atomic E-state index is 12.2. The minimum absolute atomic E-state index is 0.0000617. The van der Waals surface area contributed by atoms with Crippen molar-refractivity contribution in [1.82, 2.24) is 4.90 Å². The number of carbonyl (C=O) groups is 1. The lowest BCUT2D eigenvalue weighted by Crippen LogP contribution is -2.42. The van der Waals surface area contributed by atoms with E-state index in [1.165, 1.54) is 0 Å². The number of nitrogens with two attached hydrogens (primary N) is 1. The van der Waals surface area contributed by atoms with Gasteiger partial charge >= 0.3 is 0 Å². The van der Waals surface area contributed by atoms with E-state index in [0.29, 0.717) is 23.0 Å². The Morgan fingerprint density at radius 1 is 1.50 bits per heavy atom. The van der Waals surface area contributed by atoms with Crippen molar-refractivity contribution in [2.75, 3.05) is 6.54 Å². The van der Waals surface area contributed by atoms with Crippen molar-refractivity contribution in [3.8, 4) is 0 Å². The van der Waals surface area contributed by atoms with Gasteiger partial charge in [0.2, 0.25) is 5.91 Å². The van der Waals surface area contributed by atoms with Crippen LogP contribution in [0.15, 0.2) is 24.3 Å². The normalized spacial score (nSPS) is 10.4. The Morgan fingerprint density at radius 3 is 2.67 bits per heavy atom. The van der Waals surface area contributed by atoms with Gasteiger partial charge in [0.15, 0.2) is 0 Å². The molecule has 0 aliphatic carbocycles. The zero-order valence-corrected chi connectivity index (χ0v) is 12.1. The van der Waals surface area contributed by atoms with Gasteiger partial charge in [0.1, 0.15) is 0 Å². The van der Waals surface area contributed by atoms with Gasteiger partial charge in [0.25, 0.3) is 0 Å². The summed E-state index contributed by atoms with van der Waals surface area (Å²) in [7, 11) is 0. The van der Waals surface area contributed by atoms with Crippen LogP contribution in [0.2, 0.25) is 5.02 Å². The number of amides is 1. The van der Waals surface area contributed by atoms with Crippen LogP contribution in [0.5, 0.6) is 0 Å². The fraction of sp³-hybridized carbons (Fsp3) is 0.385. The quantitative estimate of drug-likeness (QED) is 0.845. The van der Waals surface area contributed by atoms with E-state index in [1.807, 2.05) is 26.0 Å². The Bertz CT molecular complexity index is 448. The second-order valence-corrected chi connectivity index (χ2v) is 5.35. The lowest BCUT2D eigenvalue weighted by Gasteiger charge is -2.26. The first-order valence-corrected chi connectivity index (χ1v) is 6.51. The summed E-state index contributed by atoms with van der Waals surface area (Å²) in [6, 6.07) is 7.35. The number of hydrogen-bond acceptors (Lipinski definition) is 2. The third-order valence-corrected chi connectivity index (χ3v) is 2.88. The van der Waals surface area contributed by atoms with Crippen molar-refractivity contribution < 1.29 is 4.79 Å². The van der Waals surface area contributed by atoms with Gasteiger partial charge in [-0.2, -0.15) is 0 Å². The average molecular weight is 285 g/mol. The summed E-state index contributed by atoms with van der Waals surface area (Å²) in [6.07, 6.45) is 0.307. The van der Waals surface area contributed by atoms with Crippen molar-refractivity contribution >= 4 is 34.7 Å². The Labute approximate surface area is 118 Å². The van der Waals surface area contributed by atoms with Crippen LogP contribution in [0.4, 0.5) is 0 Å². The van der Waals surface area contributed by atoms with E-state index in [9.17, 15) is 4.79 Å². The van der Waals surface area contributed by atoms with Crippen LogP contribution in [0, 0.1) is 0 Å². The summed E-state index contributed by atoms with van der Waals surface area (Å²) < 4.78 is 0. The van der Waals surface area contributed by atoms with Crippen molar-refractivity contribution in [3.05, 3.63) is 34.9 Å². The Balaban J connectivity index is 2.75. The van der Waals surface area contributed by atoms with E-state index in [2.05, 4.69) is 0 Å². The van der Waals surface area contributed by atoms with Gasteiger partial charge in [-0.15, -0.1) is 0 Å². The number of carbonyl (C=O) groups excluding carboxylic acids is 1. The highest BCUT2D eigenvalue weighted by atomic mass is 35.5. The molecule has 0 aliphatic heterocycles. The first-order chi connectivity index (χ1) is 8.40. The minimum Gasteiger partial charge on any atom is -0.392 e. The molecule has 2 N–H and O–H groups in total. The molecule has 0 bridgehead atoms. The van der Waals surface area contributed by atoms with Crippen molar-refractivity contribution in [3.63, 3.8) is 0 Å². The Kier molecular flexibility index (Phi) is 5.56. The van der Waals surface area contributed by atoms with Gasteiger partial charge < -0.3 is 10.6 Å². The van der Waals surface area contributed by atoms with Crippen LogP contribution in [-0.2, 0) is 11.2 Å². The van der Waals surface area contributed by atoms with Gasteiger partial charge in [0.05, 0.1) is 18.0 Å². The first-order valence-electron chi connectivity index (χ1n) is 5.72. The summed E-state index contributed by atoms with van der Waals surface area (Å²) in [5.74, 6) is 0.0000617. The highest BCUT2D eigenvalue weighted by molar-refractivity contribution is 7.80. The van der Waals surface area contributed by atoms with Crippen LogP contribution in [0.25, 0.3) is 0 Å². The van der Waals surface area contributed by atoms with E-state index in [0.717, 1.165) is 5.56 Å². The molecule has 0 saturated heterocycles. The molecule has 0 unspecified atom stereocenters. The second kappa shape index (κ2) is 6.71. The molecule has 1 aromatic rings. The molecular weight excluding hydrogens is 268 g/mol. The molecule has 5 heteroatoms. The van der Waals surface area contributed by atoms with E-state index in [4.69, 9.17) is 29.6 Å². The van der Waals surface area contributed by atoms with E-state index in [1.54, 1.807) is 17.0 Å². The molecule has 1 aromatic carbocycles. The number of benzene rings is 1. The zero-order valence-electron chi connectivity index (χ0n) is 10.5. The maximum absolute atomic E-state index is 12.2. The number of hydrogen-bond donors (Lipinski definition) is 1. The van der Waals surface area contributed by atoms with Crippen molar-refractivity contribution in [1.29, 1.82) is 0 Å². The number of rotatable bonds is 5. The Morgan fingerprint density at radius 2 is 2.17 bits per heavy atom. The van der Waals surface area contributed by atoms with Gasteiger partial charge in [-0.05, 0) is 31.5 Å². The van der Waals surface area contributed by atoms with Crippen LogP contribution in [0.1, 0.15) is 19.4 Å². The summed E-state index contributed by atoms with van der Waals surface area (Å²) in [6.45, 7) is 4.19. The van der Waals surface area contributed by atoms with Gasteiger partial charge in [-0.1, -0.05) is 36.0 Å². The standard InChI is InChI=1S/C13H17ClN2OS/c1-9(2)16(8-12(15)18)13(17)7-10-4-3-5-11(14)6-10/h3-6,9H,7-8H2,1-2H3,(H2,15,18). The largest absolute Gasteiger partial charge is 0.392 e. The fourth-order valence-electron chi connectivity index (χ4n) is 1.65. The topological polar surface area (TPSA) is 46.3 Å². The van der Waals surface area contributed by atoms with Crippen LogP contribution in [-0.4, -0.2) is 28.4 Å². The SMILES string of the molecule is CC(C)N(CC(N)=S)C(=O)Cc1cccc(Cl)c1. The summed E-state index contributed by atoms with van der Waals surface area (Å²) >= 11 is 10.7. The highest BCUT2D eigenvalue weighted by Crippen LogP contribution is 2.12. The predicted octanol–water partition coefficient (Wildman–Crippen LogP) is 2.41. The smallest absolute Gasteiger partial charge is 0.227 e. The molecule has 0 radical (unpaired) electrons. The zero-order chi connectivity index (χ0) is 13.7. The molecule has 98 valence electrons. The molecule has 1 rings (SSSR count). The number of halogens is 1. The molecule has 0 saturated carbocycles. The van der Waals surface area contributed by atoms with Gasteiger partial charge in [0, 0.05) is 11.1 Å². The summed E-state index contributed by atoms with van der Waals surface area (Å²) in [5.41, 5.74) is 6.39. The lowest BCUT2D eigenvalue weighted by atomic mass is 10.1. The first kappa shape index (κ1) is 14.9. The molecule has 0 heterocycles. The summed E-state index contributed by atoms with van der Waals surface area (Å²) in [5, 5.41) is 0.630. The van der Waals surface area contributed by atoms with Crippen molar-refractivity contribution in [2.24, 2.45) is 5.73 Å². The molecule has 0 aromatic heterocycles. The van der Waals surface area contributed by atoms with Gasteiger partial charge in [-0.3, -0.25) is 4.79 Å². The molecule has 0 atom stereocenters. The average Bonchev–Trinajstić information content (AvgIpc) is 2.25. The van der Waals surface area contributed by atoms with Crippen LogP contribution in [0.3, 0.4) is 0 Å². The van der Waals surface area contributed by atoms with E-state index >= 15 is 0 Å². The van der Waals surface area contributed by atoms with E-state index in [-0.39, 0.29) is 11.9 Å². The molecule has 0 fully saturated rings. The number of nitrogens with zero attached hydrogens (tertiary/aromatic N) is 1.